The third kappa shape index (κ3) is 2.27. The number of nitrogens with zero attached hydrogens (tertiary/aromatic N) is 3. The van der Waals surface area contributed by atoms with Crippen molar-refractivity contribution in [3.63, 3.8) is 0 Å². The largest absolute Gasteiger partial charge is 0.382 e. The summed E-state index contributed by atoms with van der Waals surface area (Å²) in [6.45, 7) is 0. The number of aliphatic hydroxyl groups excluding tert-OH is 1. The summed E-state index contributed by atoms with van der Waals surface area (Å²) in [5, 5.41) is 15.5. The Balaban J connectivity index is 2.11. The van der Waals surface area contributed by atoms with Gasteiger partial charge < -0.3 is 5.11 Å². The number of benzene rings is 1. The van der Waals surface area contributed by atoms with Crippen molar-refractivity contribution >= 4 is 26.8 Å². The van der Waals surface area contributed by atoms with Crippen molar-refractivity contribution in [1.29, 1.82) is 0 Å². The van der Waals surface area contributed by atoms with Gasteiger partial charge in [0.2, 0.25) is 0 Å². The Morgan fingerprint density at radius 3 is 2.84 bits per heavy atom. The van der Waals surface area contributed by atoms with Crippen molar-refractivity contribution in [1.82, 2.24) is 14.8 Å². The maximum Gasteiger partial charge on any atom is 0.125 e. The third-order valence-corrected chi connectivity index (χ3v) is 3.64. The fraction of sp³-hybridized carbons (Fsp3) is 0.143. The maximum atomic E-state index is 10.4. The lowest BCUT2D eigenvalue weighted by Crippen LogP contribution is -2.03. The summed E-state index contributed by atoms with van der Waals surface area (Å²) < 4.78 is 2.45. The van der Waals surface area contributed by atoms with E-state index in [9.17, 15) is 5.11 Å². The summed E-state index contributed by atoms with van der Waals surface area (Å²) in [5.41, 5.74) is 2.20. The number of halogens is 1. The summed E-state index contributed by atoms with van der Waals surface area (Å²) >= 11 is 3.47. The van der Waals surface area contributed by atoms with Gasteiger partial charge in [-0.05, 0) is 28.1 Å². The molecule has 2 heterocycles. The standard InChI is InChI=1S/C14H12BrN3O/c1-18-8-10(7-16-18)14(19)13-11(15)6-9-4-2-3-5-12(9)17-13/h2-8,14,19H,1H3. The summed E-state index contributed by atoms with van der Waals surface area (Å²) in [6.07, 6.45) is 2.65. The predicted octanol–water partition coefficient (Wildman–Crippen LogP) is 2.81. The molecule has 0 amide bonds. The second-order valence-electron chi connectivity index (χ2n) is 4.40. The van der Waals surface area contributed by atoms with E-state index in [-0.39, 0.29) is 0 Å². The predicted molar refractivity (Wildman–Crippen MR) is 76.7 cm³/mol. The fourth-order valence-corrected chi connectivity index (χ4v) is 2.59. The van der Waals surface area contributed by atoms with Gasteiger partial charge in [-0.25, -0.2) is 4.98 Å². The molecule has 2 aromatic heterocycles. The molecule has 5 heteroatoms. The average Bonchev–Trinajstić information content (AvgIpc) is 2.84. The Morgan fingerprint density at radius 2 is 2.11 bits per heavy atom. The van der Waals surface area contributed by atoms with Crippen molar-refractivity contribution in [3.8, 4) is 0 Å². The zero-order valence-electron chi connectivity index (χ0n) is 10.3. The van der Waals surface area contributed by atoms with Gasteiger partial charge in [0.05, 0.1) is 17.4 Å². The highest BCUT2D eigenvalue weighted by Gasteiger charge is 2.17. The van der Waals surface area contributed by atoms with Gasteiger partial charge in [-0.2, -0.15) is 5.10 Å². The molecule has 0 spiro atoms. The molecule has 0 bridgehead atoms. The Morgan fingerprint density at radius 1 is 1.32 bits per heavy atom. The number of aromatic nitrogens is 3. The van der Waals surface area contributed by atoms with Crippen LogP contribution in [0.3, 0.4) is 0 Å². The zero-order chi connectivity index (χ0) is 13.4. The number of para-hydroxylation sites is 1. The summed E-state index contributed by atoms with van der Waals surface area (Å²) in [5.74, 6) is 0. The number of pyridine rings is 1. The molecule has 1 N–H and O–H groups in total. The van der Waals surface area contributed by atoms with Crippen LogP contribution in [0.25, 0.3) is 10.9 Å². The maximum absolute atomic E-state index is 10.4. The van der Waals surface area contributed by atoms with Crippen LogP contribution < -0.4 is 0 Å². The normalized spacial score (nSPS) is 12.8. The van der Waals surface area contributed by atoms with Crippen LogP contribution >= 0.6 is 15.9 Å². The lowest BCUT2D eigenvalue weighted by Gasteiger charge is -2.11. The van der Waals surface area contributed by atoms with Crippen molar-refractivity contribution in [3.05, 3.63) is 58.5 Å². The first-order valence-electron chi connectivity index (χ1n) is 5.87. The van der Waals surface area contributed by atoms with E-state index >= 15 is 0 Å². The number of fused-ring (bicyclic) bond motifs is 1. The molecular weight excluding hydrogens is 306 g/mol. The Bertz CT molecular complexity index is 738. The van der Waals surface area contributed by atoms with Crippen molar-refractivity contribution in [2.75, 3.05) is 0 Å². The molecule has 0 saturated carbocycles. The topological polar surface area (TPSA) is 50.9 Å². The molecule has 3 rings (SSSR count). The zero-order valence-corrected chi connectivity index (χ0v) is 11.9. The van der Waals surface area contributed by atoms with E-state index in [1.54, 1.807) is 17.1 Å². The average molecular weight is 318 g/mol. The van der Waals surface area contributed by atoms with E-state index in [1.807, 2.05) is 37.4 Å². The van der Waals surface area contributed by atoms with Gasteiger partial charge in [-0.1, -0.05) is 18.2 Å². The van der Waals surface area contributed by atoms with Gasteiger partial charge in [-0.15, -0.1) is 0 Å². The molecule has 0 aliphatic rings. The first kappa shape index (κ1) is 12.3. The molecule has 0 aliphatic carbocycles. The van der Waals surface area contributed by atoms with Crippen molar-refractivity contribution in [2.45, 2.75) is 6.10 Å². The van der Waals surface area contributed by atoms with Gasteiger partial charge >= 0.3 is 0 Å². The molecule has 1 atom stereocenters. The second kappa shape index (κ2) is 4.75. The molecule has 1 aromatic carbocycles. The minimum absolute atomic E-state index is 0.603. The Kier molecular flexibility index (Phi) is 3.08. The van der Waals surface area contributed by atoms with Gasteiger partial charge in [0.15, 0.2) is 0 Å². The van der Waals surface area contributed by atoms with Gasteiger partial charge in [-0.3, -0.25) is 4.68 Å². The highest BCUT2D eigenvalue weighted by Crippen LogP contribution is 2.29. The Labute approximate surface area is 118 Å². The van der Waals surface area contributed by atoms with E-state index in [0.717, 1.165) is 20.9 Å². The minimum atomic E-state index is -0.785. The van der Waals surface area contributed by atoms with Crippen LogP contribution in [0.1, 0.15) is 17.4 Å². The highest BCUT2D eigenvalue weighted by molar-refractivity contribution is 9.10. The first-order valence-corrected chi connectivity index (χ1v) is 6.66. The SMILES string of the molecule is Cn1cc(C(O)c2nc3ccccc3cc2Br)cn1. The molecular formula is C14H12BrN3O. The minimum Gasteiger partial charge on any atom is -0.382 e. The number of aryl methyl sites for hydroxylation is 1. The molecule has 19 heavy (non-hydrogen) atoms. The van der Waals surface area contributed by atoms with Crippen LogP contribution in [-0.4, -0.2) is 19.9 Å². The molecule has 0 radical (unpaired) electrons. The van der Waals surface area contributed by atoms with E-state index in [0.29, 0.717) is 5.69 Å². The molecule has 4 nitrogen and oxygen atoms in total. The van der Waals surface area contributed by atoms with E-state index < -0.39 is 6.10 Å². The number of rotatable bonds is 2. The second-order valence-corrected chi connectivity index (χ2v) is 5.25. The molecule has 0 fully saturated rings. The fourth-order valence-electron chi connectivity index (χ4n) is 2.04. The van der Waals surface area contributed by atoms with Crippen molar-refractivity contribution < 1.29 is 5.11 Å². The van der Waals surface area contributed by atoms with E-state index in [4.69, 9.17) is 0 Å². The molecule has 0 aliphatic heterocycles. The monoisotopic (exact) mass is 317 g/mol. The smallest absolute Gasteiger partial charge is 0.125 e. The van der Waals surface area contributed by atoms with Crippen molar-refractivity contribution in [2.24, 2.45) is 7.05 Å². The number of aliphatic hydroxyl groups is 1. The Hall–Kier alpha value is -1.72. The van der Waals surface area contributed by atoms with E-state index in [1.165, 1.54) is 0 Å². The van der Waals surface area contributed by atoms with Gasteiger partial charge in [0.1, 0.15) is 6.10 Å². The van der Waals surface area contributed by atoms with Crippen LogP contribution in [0.2, 0.25) is 0 Å². The third-order valence-electron chi connectivity index (χ3n) is 3.00. The van der Waals surface area contributed by atoms with Crippen LogP contribution in [0.5, 0.6) is 0 Å². The lowest BCUT2D eigenvalue weighted by atomic mass is 10.1. The number of hydrogen-bond acceptors (Lipinski definition) is 3. The summed E-state index contributed by atoms with van der Waals surface area (Å²) in [4.78, 5) is 4.53. The lowest BCUT2D eigenvalue weighted by molar-refractivity contribution is 0.215. The van der Waals surface area contributed by atoms with Crippen LogP contribution in [0.15, 0.2) is 47.2 Å². The first-order chi connectivity index (χ1) is 9.15. The molecule has 0 saturated heterocycles. The molecule has 96 valence electrons. The van der Waals surface area contributed by atoms with Crippen LogP contribution in [0.4, 0.5) is 0 Å². The molecule has 3 aromatic rings. The van der Waals surface area contributed by atoms with Gasteiger partial charge in [0, 0.05) is 28.7 Å². The number of hydrogen-bond donors (Lipinski definition) is 1. The van der Waals surface area contributed by atoms with Gasteiger partial charge in [0.25, 0.3) is 0 Å². The summed E-state index contributed by atoms with van der Waals surface area (Å²) in [6, 6.07) is 9.79. The van der Waals surface area contributed by atoms with E-state index in [2.05, 4.69) is 26.0 Å². The molecule has 1 unspecified atom stereocenters. The summed E-state index contributed by atoms with van der Waals surface area (Å²) in [7, 11) is 1.82. The quantitative estimate of drug-likeness (QED) is 0.790. The van der Waals surface area contributed by atoms with Crippen LogP contribution in [0, 0.1) is 0 Å². The highest BCUT2D eigenvalue weighted by atomic mass is 79.9. The van der Waals surface area contributed by atoms with Crippen LogP contribution in [-0.2, 0) is 7.05 Å².